The number of ether oxygens (including phenoxy) is 3. The smallest absolute Gasteiger partial charge is 0.262 e. The number of nitrogens with one attached hydrogen (secondary N) is 1. The fraction of sp³-hybridized carbons (Fsp3) is 0.160. The summed E-state index contributed by atoms with van der Waals surface area (Å²) in [6.07, 6.45) is 0. The van der Waals surface area contributed by atoms with Crippen molar-refractivity contribution in [2.75, 3.05) is 25.0 Å². The fourth-order valence-corrected chi connectivity index (χ4v) is 4.45. The van der Waals surface area contributed by atoms with Gasteiger partial charge in [0.25, 0.3) is 5.56 Å². The van der Waals surface area contributed by atoms with Gasteiger partial charge in [-0.1, -0.05) is 36.0 Å². The number of para-hydroxylation sites is 1. The van der Waals surface area contributed by atoms with E-state index in [1.54, 1.807) is 48.1 Å². The molecule has 0 radical (unpaired) electrons. The van der Waals surface area contributed by atoms with Gasteiger partial charge in [0.1, 0.15) is 5.75 Å². The quantitative estimate of drug-likeness (QED) is 0.320. The lowest BCUT2D eigenvalue weighted by atomic mass is 10.2. The van der Waals surface area contributed by atoms with Crippen LogP contribution in [0.2, 0.25) is 0 Å². The van der Waals surface area contributed by atoms with Crippen LogP contribution in [0.25, 0.3) is 10.9 Å². The Bertz CT molecular complexity index is 1440. The van der Waals surface area contributed by atoms with E-state index in [1.807, 2.05) is 30.3 Å². The summed E-state index contributed by atoms with van der Waals surface area (Å²) < 4.78 is 17.6. The number of anilines is 1. The molecule has 0 spiro atoms. The molecule has 0 atom stereocenters. The van der Waals surface area contributed by atoms with E-state index in [2.05, 4.69) is 10.3 Å². The third kappa shape index (κ3) is 4.55. The van der Waals surface area contributed by atoms with Crippen molar-refractivity contribution in [3.63, 3.8) is 0 Å². The number of aromatic nitrogens is 2. The van der Waals surface area contributed by atoms with E-state index in [9.17, 15) is 9.59 Å². The fourth-order valence-electron chi connectivity index (χ4n) is 3.65. The third-order valence-corrected chi connectivity index (χ3v) is 6.27. The maximum absolute atomic E-state index is 13.3. The van der Waals surface area contributed by atoms with Gasteiger partial charge in [-0.3, -0.25) is 14.2 Å². The Hall–Kier alpha value is -3.98. The summed E-state index contributed by atoms with van der Waals surface area (Å²) in [6, 6.07) is 19.9. The first-order valence-corrected chi connectivity index (χ1v) is 11.5. The van der Waals surface area contributed by atoms with Gasteiger partial charge in [-0.05, 0) is 42.0 Å². The summed E-state index contributed by atoms with van der Waals surface area (Å²) in [5, 5.41) is 3.83. The molecule has 1 amide bonds. The zero-order chi connectivity index (χ0) is 23.5. The van der Waals surface area contributed by atoms with Gasteiger partial charge < -0.3 is 19.5 Å². The highest BCUT2D eigenvalue weighted by Crippen LogP contribution is 2.33. The van der Waals surface area contributed by atoms with E-state index in [-0.39, 0.29) is 30.6 Å². The number of amides is 1. The van der Waals surface area contributed by atoms with E-state index >= 15 is 0 Å². The SMILES string of the molecule is COc1cccc(NC(=O)CSc2nc3ccccc3c(=O)n2Cc2ccc3c(c2)OCO3)c1. The van der Waals surface area contributed by atoms with E-state index in [0.717, 1.165) is 5.56 Å². The van der Waals surface area contributed by atoms with E-state index in [0.29, 0.717) is 39.0 Å². The van der Waals surface area contributed by atoms with Crippen LogP contribution in [-0.2, 0) is 11.3 Å². The molecule has 3 aromatic carbocycles. The minimum absolute atomic E-state index is 0.0864. The maximum atomic E-state index is 13.3. The van der Waals surface area contributed by atoms with Gasteiger partial charge in [0.05, 0.1) is 30.3 Å². The topological polar surface area (TPSA) is 91.7 Å². The number of carbonyl (C=O) groups is 1. The molecule has 1 aliphatic heterocycles. The molecule has 2 heterocycles. The third-order valence-electron chi connectivity index (χ3n) is 5.29. The first kappa shape index (κ1) is 21.8. The second kappa shape index (κ2) is 9.48. The summed E-state index contributed by atoms with van der Waals surface area (Å²) in [5.41, 5.74) is 1.92. The van der Waals surface area contributed by atoms with Crippen LogP contribution in [0.5, 0.6) is 17.2 Å². The molecule has 0 aliphatic carbocycles. The highest BCUT2D eigenvalue weighted by molar-refractivity contribution is 7.99. The zero-order valence-electron chi connectivity index (χ0n) is 18.3. The van der Waals surface area contributed by atoms with Gasteiger partial charge in [0.2, 0.25) is 12.7 Å². The van der Waals surface area contributed by atoms with Gasteiger partial charge in [0, 0.05) is 11.8 Å². The van der Waals surface area contributed by atoms with Crippen LogP contribution in [0.4, 0.5) is 5.69 Å². The number of benzene rings is 3. The van der Waals surface area contributed by atoms with Crippen LogP contribution in [0.1, 0.15) is 5.56 Å². The number of nitrogens with zero attached hydrogens (tertiary/aromatic N) is 2. The number of rotatable bonds is 7. The first-order chi connectivity index (χ1) is 16.6. The van der Waals surface area contributed by atoms with Crippen molar-refractivity contribution in [1.29, 1.82) is 0 Å². The monoisotopic (exact) mass is 475 g/mol. The molecule has 0 bridgehead atoms. The van der Waals surface area contributed by atoms with Crippen molar-refractivity contribution in [1.82, 2.24) is 9.55 Å². The molecule has 0 saturated carbocycles. The molecule has 9 heteroatoms. The Labute approximate surface area is 199 Å². The number of thioether (sulfide) groups is 1. The summed E-state index contributed by atoms with van der Waals surface area (Å²) in [6.45, 7) is 0.465. The Morgan fingerprint density at radius 2 is 1.94 bits per heavy atom. The van der Waals surface area contributed by atoms with E-state index in [1.165, 1.54) is 11.8 Å². The minimum atomic E-state index is -0.213. The Kier molecular flexibility index (Phi) is 6.09. The second-order valence-corrected chi connectivity index (χ2v) is 8.50. The first-order valence-electron chi connectivity index (χ1n) is 10.6. The highest BCUT2D eigenvalue weighted by atomic mass is 32.2. The number of carbonyl (C=O) groups excluding carboxylic acids is 1. The molecule has 4 aromatic rings. The molecule has 34 heavy (non-hydrogen) atoms. The van der Waals surface area contributed by atoms with Crippen molar-refractivity contribution in [3.8, 4) is 17.2 Å². The van der Waals surface area contributed by atoms with Crippen molar-refractivity contribution in [2.45, 2.75) is 11.7 Å². The minimum Gasteiger partial charge on any atom is -0.497 e. The predicted octanol–water partition coefficient (Wildman–Crippen LogP) is 3.91. The molecule has 1 N–H and O–H groups in total. The van der Waals surface area contributed by atoms with E-state index < -0.39 is 0 Å². The number of hydrogen-bond donors (Lipinski definition) is 1. The lowest BCUT2D eigenvalue weighted by Crippen LogP contribution is -2.25. The van der Waals surface area contributed by atoms with Crippen LogP contribution in [-0.4, -0.2) is 35.1 Å². The normalized spacial score (nSPS) is 12.0. The van der Waals surface area contributed by atoms with Crippen LogP contribution >= 0.6 is 11.8 Å². The molecule has 1 aromatic heterocycles. The molecule has 5 rings (SSSR count). The van der Waals surface area contributed by atoms with Crippen LogP contribution < -0.4 is 25.1 Å². The second-order valence-electron chi connectivity index (χ2n) is 7.56. The van der Waals surface area contributed by atoms with Gasteiger partial charge >= 0.3 is 0 Å². The molecular formula is C25H21N3O5S. The Balaban J connectivity index is 1.41. The van der Waals surface area contributed by atoms with Crippen LogP contribution in [0, 0.1) is 0 Å². The van der Waals surface area contributed by atoms with Gasteiger partial charge in [-0.15, -0.1) is 0 Å². The van der Waals surface area contributed by atoms with E-state index in [4.69, 9.17) is 14.2 Å². The number of fused-ring (bicyclic) bond motifs is 2. The summed E-state index contributed by atoms with van der Waals surface area (Å²) >= 11 is 1.21. The molecule has 1 aliphatic rings. The number of hydrogen-bond acceptors (Lipinski definition) is 7. The standard InChI is InChI=1S/C25H21N3O5S/c1-31-18-6-4-5-17(12-18)26-23(29)14-34-25-27-20-8-3-2-7-19(20)24(30)28(25)13-16-9-10-21-22(11-16)33-15-32-21/h2-12H,13-15H2,1H3,(H,26,29). The molecule has 0 saturated heterocycles. The van der Waals surface area contributed by atoms with Crippen LogP contribution in [0.15, 0.2) is 76.7 Å². The molecule has 0 unspecified atom stereocenters. The molecule has 8 nitrogen and oxygen atoms in total. The lowest BCUT2D eigenvalue weighted by Gasteiger charge is -2.14. The molecule has 0 fully saturated rings. The Morgan fingerprint density at radius 1 is 1.09 bits per heavy atom. The lowest BCUT2D eigenvalue weighted by molar-refractivity contribution is -0.113. The molecular weight excluding hydrogens is 454 g/mol. The molecule has 172 valence electrons. The predicted molar refractivity (Wildman–Crippen MR) is 130 cm³/mol. The van der Waals surface area contributed by atoms with Crippen molar-refractivity contribution in [3.05, 3.63) is 82.6 Å². The van der Waals surface area contributed by atoms with Crippen molar-refractivity contribution >= 4 is 34.3 Å². The highest BCUT2D eigenvalue weighted by Gasteiger charge is 2.17. The summed E-state index contributed by atoms with van der Waals surface area (Å²) in [7, 11) is 1.57. The zero-order valence-corrected chi connectivity index (χ0v) is 19.1. The van der Waals surface area contributed by atoms with Gasteiger partial charge in [-0.25, -0.2) is 4.98 Å². The largest absolute Gasteiger partial charge is 0.497 e. The van der Waals surface area contributed by atoms with Crippen LogP contribution in [0.3, 0.4) is 0 Å². The van der Waals surface area contributed by atoms with Crippen molar-refractivity contribution < 1.29 is 19.0 Å². The Morgan fingerprint density at radius 3 is 2.82 bits per heavy atom. The number of methoxy groups -OCH3 is 1. The summed E-state index contributed by atoms with van der Waals surface area (Å²) in [5.74, 6) is 1.85. The van der Waals surface area contributed by atoms with Gasteiger partial charge in [0.15, 0.2) is 16.7 Å². The average Bonchev–Trinajstić information content (AvgIpc) is 3.33. The summed E-state index contributed by atoms with van der Waals surface area (Å²) in [4.78, 5) is 30.6. The van der Waals surface area contributed by atoms with Gasteiger partial charge in [-0.2, -0.15) is 0 Å². The maximum Gasteiger partial charge on any atom is 0.262 e. The average molecular weight is 476 g/mol. The van der Waals surface area contributed by atoms with Crippen molar-refractivity contribution in [2.24, 2.45) is 0 Å².